The Morgan fingerprint density at radius 2 is 1.67 bits per heavy atom. The number of ether oxygens (including phenoxy) is 2. The maximum atomic E-state index is 13.1. The predicted octanol–water partition coefficient (Wildman–Crippen LogP) is 3.23. The van der Waals surface area contributed by atoms with Gasteiger partial charge in [0.15, 0.2) is 11.5 Å². The molecule has 174 valence electrons. The maximum Gasteiger partial charge on any atom is 0.325 e. The highest BCUT2D eigenvalue weighted by molar-refractivity contribution is 6.09. The summed E-state index contributed by atoms with van der Waals surface area (Å²) < 4.78 is 11.1. The first-order valence-electron chi connectivity index (χ1n) is 11.1. The molecule has 1 fully saturated rings. The average molecular weight is 452 g/mol. The van der Waals surface area contributed by atoms with Crippen LogP contribution < -0.4 is 20.1 Å². The van der Waals surface area contributed by atoms with E-state index in [0.717, 1.165) is 16.0 Å². The van der Waals surface area contributed by atoms with Crippen LogP contribution in [0.4, 0.5) is 4.79 Å². The number of hydrogen-bond acceptors (Lipinski definition) is 5. The van der Waals surface area contributed by atoms with E-state index in [1.807, 2.05) is 43.3 Å². The standard InChI is InChI=1S/C25H29N3O5/c1-15(2)17-5-8-19(9-6-17)25(4)23(30)28(24(31)27-25)14-22(29)26-16(3)18-7-10-20-21(13-18)33-12-11-32-20/h5-10,13,15-16H,11-12,14H2,1-4H3,(H,26,29)(H,27,31). The van der Waals surface area contributed by atoms with Gasteiger partial charge in [-0.3, -0.25) is 14.5 Å². The summed E-state index contributed by atoms with van der Waals surface area (Å²) >= 11 is 0. The van der Waals surface area contributed by atoms with Crippen LogP contribution in [0.5, 0.6) is 11.5 Å². The molecule has 2 aliphatic heterocycles. The van der Waals surface area contributed by atoms with Gasteiger partial charge in [0, 0.05) is 0 Å². The fraction of sp³-hybridized carbons (Fsp3) is 0.400. The van der Waals surface area contributed by atoms with Gasteiger partial charge in [0.2, 0.25) is 5.91 Å². The number of fused-ring (bicyclic) bond motifs is 1. The smallest absolute Gasteiger partial charge is 0.325 e. The Morgan fingerprint density at radius 1 is 1.03 bits per heavy atom. The molecule has 2 aliphatic rings. The number of carbonyl (C=O) groups is 3. The molecular weight excluding hydrogens is 422 g/mol. The van der Waals surface area contributed by atoms with Gasteiger partial charge in [0.05, 0.1) is 6.04 Å². The molecule has 8 heteroatoms. The molecular formula is C25H29N3O5. The highest BCUT2D eigenvalue weighted by Crippen LogP contribution is 2.33. The van der Waals surface area contributed by atoms with Crippen LogP contribution in [-0.4, -0.2) is 42.5 Å². The normalized spacial score (nSPS) is 20.6. The molecule has 2 unspecified atom stereocenters. The highest BCUT2D eigenvalue weighted by atomic mass is 16.6. The van der Waals surface area contributed by atoms with Gasteiger partial charge in [-0.05, 0) is 48.6 Å². The molecule has 4 amide bonds. The average Bonchev–Trinajstić information content (AvgIpc) is 3.02. The predicted molar refractivity (Wildman–Crippen MR) is 122 cm³/mol. The van der Waals surface area contributed by atoms with E-state index < -0.39 is 23.4 Å². The Hall–Kier alpha value is -3.55. The van der Waals surface area contributed by atoms with Crippen LogP contribution in [0.1, 0.15) is 56.3 Å². The number of imide groups is 1. The summed E-state index contributed by atoms with van der Waals surface area (Å²) in [6, 6.07) is 12.2. The number of amides is 4. The van der Waals surface area contributed by atoms with Crippen molar-refractivity contribution < 1.29 is 23.9 Å². The number of urea groups is 1. The topological polar surface area (TPSA) is 97.0 Å². The number of rotatable bonds is 6. The van der Waals surface area contributed by atoms with Gasteiger partial charge in [-0.1, -0.05) is 44.2 Å². The minimum absolute atomic E-state index is 0.343. The summed E-state index contributed by atoms with van der Waals surface area (Å²) in [4.78, 5) is 39.4. The van der Waals surface area contributed by atoms with E-state index in [2.05, 4.69) is 24.5 Å². The molecule has 1 saturated heterocycles. The Labute approximate surface area is 193 Å². The third-order valence-electron chi connectivity index (χ3n) is 6.18. The van der Waals surface area contributed by atoms with E-state index >= 15 is 0 Å². The van der Waals surface area contributed by atoms with Gasteiger partial charge in [0.1, 0.15) is 25.3 Å². The molecule has 2 aromatic carbocycles. The quantitative estimate of drug-likeness (QED) is 0.658. The van der Waals surface area contributed by atoms with Gasteiger partial charge in [-0.25, -0.2) is 4.79 Å². The molecule has 2 N–H and O–H groups in total. The molecule has 2 heterocycles. The van der Waals surface area contributed by atoms with Crippen LogP contribution in [0.25, 0.3) is 0 Å². The summed E-state index contributed by atoms with van der Waals surface area (Å²) in [7, 11) is 0. The third kappa shape index (κ3) is 4.37. The SMILES string of the molecule is CC(C)c1ccc(C2(C)NC(=O)N(CC(=O)NC(C)c3ccc4c(c3)OCCO4)C2=O)cc1. The van der Waals surface area contributed by atoms with Crippen molar-refractivity contribution in [2.24, 2.45) is 0 Å². The molecule has 2 atom stereocenters. The van der Waals surface area contributed by atoms with E-state index in [0.29, 0.717) is 36.2 Å². The molecule has 0 bridgehead atoms. The van der Waals surface area contributed by atoms with Crippen molar-refractivity contribution in [1.29, 1.82) is 0 Å². The first-order chi connectivity index (χ1) is 15.7. The van der Waals surface area contributed by atoms with Crippen LogP contribution in [-0.2, 0) is 15.1 Å². The summed E-state index contributed by atoms with van der Waals surface area (Å²) in [6.45, 7) is 8.28. The molecule has 0 saturated carbocycles. The molecule has 2 aromatic rings. The number of nitrogens with one attached hydrogen (secondary N) is 2. The van der Waals surface area contributed by atoms with Gasteiger partial charge in [-0.15, -0.1) is 0 Å². The van der Waals surface area contributed by atoms with Crippen molar-refractivity contribution in [3.8, 4) is 11.5 Å². The lowest BCUT2D eigenvalue weighted by Gasteiger charge is -2.23. The van der Waals surface area contributed by atoms with Crippen molar-refractivity contribution >= 4 is 17.8 Å². The number of hydrogen-bond donors (Lipinski definition) is 2. The Bertz CT molecular complexity index is 1080. The first kappa shape index (κ1) is 22.6. The zero-order chi connectivity index (χ0) is 23.8. The lowest BCUT2D eigenvalue weighted by molar-refractivity contribution is -0.135. The van der Waals surface area contributed by atoms with Crippen LogP contribution >= 0.6 is 0 Å². The lowest BCUT2D eigenvalue weighted by atomic mass is 9.90. The summed E-state index contributed by atoms with van der Waals surface area (Å²) in [5.74, 6) is 0.779. The number of carbonyl (C=O) groups excluding carboxylic acids is 3. The fourth-order valence-corrected chi connectivity index (χ4v) is 4.08. The summed E-state index contributed by atoms with van der Waals surface area (Å²) in [5.41, 5.74) is 1.44. The van der Waals surface area contributed by atoms with E-state index in [-0.39, 0.29) is 12.6 Å². The van der Waals surface area contributed by atoms with Crippen LogP contribution in [0.2, 0.25) is 0 Å². The molecule has 0 aliphatic carbocycles. The van der Waals surface area contributed by atoms with Gasteiger partial charge in [0.25, 0.3) is 5.91 Å². The van der Waals surface area contributed by atoms with E-state index in [9.17, 15) is 14.4 Å². The van der Waals surface area contributed by atoms with E-state index in [4.69, 9.17) is 9.47 Å². The molecule has 4 rings (SSSR count). The highest BCUT2D eigenvalue weighted by Gasteiger charge is 2.49. The Kier molecular flexibility index (Phi) is 6.01. The van der Waals surface area contributed by atoms with Crippen LogP contribution in [0.3, 0.4) is 0 Å². The monoisotopic (exact) mass is 451 g/mol. The zero-order valence-corrected chi connectivity index (χ0v) is 19.3. The van der Waals surface area contributed by atoms with Crippen molar-refractivity contribution in [2.75, 3.05) is 19.8 Å². The van der Waals surface area contributed by atoms with Crippen LogP contribution in [0.15, 0.2) is 42.5 Å². The largest absolute Gasteiger partial charge is 0.486 e. The minimum Gasteiger partial charge on any atom is -0.486 e. The first-order valence-corrected chi connectivity index (χ1v) is 11.1. The molecule has 0 radical (unpaired) electrons. The van der Waals surface area contributed by atoms with E-state index in [1.54, 1.807) is 13.0 Å². The van der Waals surface area contributed by atoms with Crippen molar-refractivity contribution in [3.63, 3.8) is 0 Å². The van der Waals surface area contributed by atoms with Gasteiger partial charge >= 0.3 is 6.03 Å². The second-order valence-electron chi connectivity index (χ2n) is 8.92. The summed E-state index contributed by atoms with van der Waals surface area (Å²) in [5, 5.41) is 5.60. The third-order valence-corrected chi connectivity index (χ3v) is 6.18. The second kappa shape index (κ2) is 8.77. The Balaban J connectivity index is 1.42. The zero-order valence-electron chi connectivity index (χ0n) is 19.3. The fourth-order valence-electron chi connectivity index (χ4n) is 4.08. The second-order valence-corrected chi connectivity index (χ2v) is 8.92. The van der Waals surface area contributed by atoms with Crippen molar-refractivity contribution in [3.05, 3.63) is 59.2 Å². The lowest BCUT2D eigenvalue weighted by Crippen LogP contribution is -2.43. The number of benzene rings is 2. The van der Waals surface area contributed by atoms with Gasteiger partial charge < -0.3 is 20.1 Å². The molecule has 33 heavy (non-hydrogen) atoms. The summed E-state index contributed by atoms with van der Waals surface area (Å²) in [6.07, 6.45) is 0. The molecule has 0 spiro atoms. The van der Waals surface area contributed by atoms with E-state index in [1.165, 1.54) is 0 Å². The van der Waals surface area contributed by atoms with Crippen molar-refractivity contribution in [2.45, 2.75) is 45.2 Å². The molecule has 8 nitrogen and oxygen atoms in total. The minimum atomic E-state index is -1.21. The maximum absolute atomic E-state index is 13.1. The van der Waals surface area contributed by atoms with Crippen LogP contribution in [0, 0.1) is 0 Å². The van der Waals surface area contributed by atoms with Crippen molar-refractivity contribution in [1.82, 2.24) is 15.5 Å². The number of nitrogens with zero attached hydrogens (tertiary/aromatic N) is 1. The Morgan fingerprint density at radius 3 is 2.33 bits per heavy atom. The van der Waals surface area contributed by atoms with Gasteiger partial charge in [-0.2, -0.15) is 0 Å². The molecule has 0 aromatic heterocycles.